The van der Waals surface area contributed by atoms with Crippen LogP contribution in [0.1, 0.15) is 10.4 Å². The van der Waals surface area contributed by atoms with Crippen LogP contribution in [0.2, 0.25) is 10.4 Å². The lowest BCUT2D eigenvalue weighted by Crippen LogP contribution is -2.15. The van der Waals surface area contributed by atoms with Crippen LogP contribution in [0, 0.1) is 5.82 Å². The lowest BCUT2D eigenvalue weighted by Gasteiger charge is -2.07. The van der Waals surface area contributed by atoms with Gasteiger partial charge < -0.3 is 11.1 Å². The molecule has 0 bridgehead atoms. The van der Waals surface area contributed by atoms with E-state index in [0.717, 1.165) is 12.1 Å². The highest BCUT2D eigenvalue weighted by molar-refractivity contribution is 6.32. The second-order valence-corrected chi connectivity index (χ2v) is 4.26. The van der Waals surface area contributed by atoms with Crippen LogP contribution in [0.4, 0.5) is 15.9 Å². The summed E-state index contributed by atoms with van der Waals surface area (Å²) >= 11 is 11.3. The van der Waals surface area contributed by atoms with Crippen LogP contribution in [0.5, 0.6) is 0 Å². The van der Waals surface area contributed by atoms with Crippen molar-refractivity contribution in [2.75, 3.05) is 11.1 Å². The Bertz CT molecular complexity index is 630. The molecule has 0 spiro atoms. The monoisotopic (exact) mass is 300 g/mol. The maximum absolute atomic E-state index is 12.9. The van der Waals surface area contributed by atoms with Gasteiger partial charge in [0.15, 0.2) is 0 Å². The average molecular weight is 301 g/mol. The van der Waals surface area contributed by atoms with E-state index in [1.165, 1.54) is 12.1 Å². The third kappa shape index (κ3) is 3.30. The van der Waals surface area contributed by atoms with E-state index in [4.69, 9.17) is 28.9 Å². The Balaban J connectivity index is 2.25. The summed E-state index contributed by atoms with van der Waals surface area (Å²) in [5, 5.41) is 2.42. The minimum absolute atomic E-state index is 0.0174. The van der Waals surface area contributed by atoms with Crippen LogP contribution in [0.25, 0.3) is 0 Å². The molecule has 5 nitrogen and oxygen atoms in total. The smallest absolute Gasteiger partial charge is 0.258 e. The fraction of sp³-hybridized carbons (Fsp3) is 0. The van der Waals surface area contributed by atoms with E-state index < -0.39 is 11.7 Å². The molecular weight excluding hydrogens is 294 g/mol. The van der Waals surface area contributed by atoms with Gasteiger partial charge in [0.05, 0.1) is 5.56 Å². The second-order valence-electron chi connectivity index (χ2n) is 3.53. The van der Waals surface area contributed by atoms with E-state index in [2.05, 4.69) is 15.3 Å². The summed E-state index contributed by atoms with van der Waals surface area (Å²) in [7, 11) is 0. The molecule has 98 valence electrons. The van der Waals surface area contributed by atoms with Gasteiger partial charge in [-0.15, -0.1) is 0 Å². The highest BCUT2D eigenvalue weighted by Crippen LogP contribution is 2.18. The van der Waals surface area contributed by atoms with Gasteiger partial charge in [-0.2, -0.15) is 0 Å². The van der Waals surface area contributed by atoms with Crippen molar-refractivity contribution >= 4 is 40.6 Å². The number of amides is 1. The number of hydrogen-bond acceptors (Lipinski definition) is 4. The molecule has 1 heterocycles. The molecule has 19 heavy (non-hydrogen) atoms. The molecule has 0 unspecified atom stereocenters. The highest BCUT2D eigenvalue weighted by Gasteiger charge is 2.12. The Morgan fingerprint density at radius 1 is 1.26 bits per heavy atom. The summed E-state index contributed by atoms with van der Waals surface area (Å²) in [5.74, 6) is -0.954. The SMILES string of the molecule is Nc1cc(F)ccc1C(=O)Nc1cc(Cl)nc(Cl)n1. The molecule has 0 saturated heterocycles. The highest BCUT2D eigenvalue weighted by atomic mass is 35.5. The number of carbonyl (C=O) groups is 1. The number of nitrogens with two attached hydrogens (primary N) is 1. The number of rotatable bonds is 2. The van der Waals surface area contributed by atoms with Crippen molar-refractivity contribution < 1.29 is 9.18 Å². The van der Waals surface area contributed by atoms with E-state index in [-0.39, 0.29) is 27.5 Å². The normalized spacial score (nSPS) is 10.3. The molecular formula is C11H7Cl2FN4O. The maximum Gasteiger partial charge on any atom is 0.258 e. The zero-order chi connectivity index (χ0) is 14.0. The van der Waals surface area contributed by atoms with Crippen molar-refractivity contribution in [1.82, 2.24) is 9.97 Å². The largest absolute Gasteiger partial charge is 0.398 e. The van der Waals surface area contributed by atoms with Crippen LogP contribution in [-0.4, -0.2) is 15.9 Å². The molecule has 0 aliphatic carbocycles. The van der Waals surface area contributed by atoms with Crippen LogP contribution < -0.4 is 11.1 Å². The standard InChI is InChI=1S/C11H7Cl2FN4O/c12-8-4-9(18-11(13)16-8)17-10(19)6-2-1-5(14)3-7(6)15/h1-4H,15H2,(H,16,17,18,19). The molecule has 8 heteroatoms. The Morgan fingerprint density at radius 3 is 2.63 bits per heavy atom. The van der Waals surface area contributed by atoms with Crippen LogP contribution in [0.3, 0.4) is 0 Å². The summed E-state index contributed by atoms with van der Waals surface area (Å²) in [6.45, 7) is 0. The minimum atomic E-state index is -0.552. The van der Waals surface area contributed by atoms with Gasteiger partial charge >= 0.3 is 0 Å². The van der Waals surface area contributed by atoms with Crippen molar-refractivity contribution in [2.24, 2.45) is 0 Å². The molecule has 3 N–H and O–H groups in total. The van der Waals surface area contributed by atoms with E-state index >= 15 is 0 Å². The number of benzene rings is 1. The lowest BCUT2D eigenvalue weighted by atomic mass is 10.1. The molecule has 0 aliphatic heterocycles. The van der Waals surface area contributed by atoms with E-state index in [1.54, 1.807) is 0 Å². The van der Waals surface area contributed by atoms with Crippen LogP contribution >= 0.6 is 23.2 Å². The first-order chi connectivity index (χ1) is 8.95. The Labute approximate surface area is 117 Å². The first kappa shape index (κ1) is 13.5. The number of nitrogens with zero attached hydrogens (tertiary/aromatic N) is 2. The average Bonchev–Trinajstić information content (AvgIpc) is 2.26. The van der Waals surface area contributed by atoms with Gasteiger partial charge in [-0.05, 0) is 29.8 Å². The van der Waals surface area contributed by atoms with Crippen molar-refractivity contribution in [2.45, 2.75) is 0 Å². The molecule has 0 aliphatic rings. The minimum Gasteiger partial charge on any atom is -0.398 e. The molecule has 0 fully saturated rings. The fourth-order valence-electron chi connectivity index (χ4n) is 1.38. The van der Waals surface area contributed by atoms with E-state index in [9.17, 15) is 9.18 Å². The van der Waals surface area contributed by atoms with Gasteiger partial charge in [0.25, 0.3) is 5.91 Å². The van der Waals surface area contributed by atoms with Crippen LogP contribution in [-0.2, 0) is 0 Å². The van der Waals surface area contributed by atoms with E-state index in [0.29, 0.717) is 0 Å². The van der Waals surface area contributed by atoms with Gasteiger partial charge in [-0.3, -0.25) is 4.79 Å². The summed E-state index contributed by atoms with van der Waals surface area (Å²) in [6.07, 6.45) is 0. The molecule has 1 aromatic heterocycles. The number of carbonyl (C=O) groups excluding carboxylic acids is 1. The zero-order valence-electron chi connectivity index (χ0n) is 9.32. The predicted molar refractivity (Wildman–Crippen MR) is 70.8 cm³/mol. The Morgan fingerprint density at radius 2 is 2.00 bits per heavy atom. The van der Waals surface area contributed by atoms with Crippen LogP contribution in [0.15, 0.2) is 24.3 Å². The second kappa shape index (κ2) is 5.38. The van der Waals surface area contributed by atoms with Crippen molar-refractivity contribution in [3.05, 3.63) is 46.1 Å². The van der Waals surface area contributed by atoms with Gasteiger partial charge in [-0.25, -0.2) is 14.4 Å². The van der Waals surface area contributed by atoms with Gasteiger partial charge in [0.2, 0.25) is 5.28 Å². The van der Waals surface area contributed by atoms with Crippen molar-refractivity contribution in [3.63, 3.8) is 0 Å². The third-order valence-corrected chi connectivity index (χ3v) is 2.53. The number of nitrogens with one attached hydrogen (secondary N) is 1. The first-order valence-electron chi connectivity index (χ1n) is 5.02. The first-order valence-corrected chi connectivity index (χ1v) is 5.78. The molecule has 0 radical (unpaired) electrons. The van der Waals surface area contributed by atoms with Gasteiger partial charge in [0, 0.05) is 11.8 Å². The van der Waals surface area contributed by atoms with Gasteiger partial charge in [0.1, 0.15) is 16.8 Å². The molecule has 0 atom stereocenters. The Kier molecular flexibility index (Phi) is 3.82. The fourth-order valence-corrected chi connectivity index (χ4v) is 1.79. The number of anilines is 2. The molecule has 2 aromatic rings. The third-order valence-electron chi connectivity index (χ3n) is 2.17. The Hall–Kier alpha value is -1.92. The lowest BCUT2D eigenvalue weighted by molar-refractivity contribution is 0.102. The maximum atomic E-state index is 12.9. The summed E-state index contributed by atoms with van der Waals surface area (Å²) in [6, 6.07) is 4.77. The molecule has 1 amide bonds. The number of nitrogen functional groups attached to an aromatic ring is 1. The predicted octanol–water partition coefficient (Wildman–Crippen LogP) is 2.76. The van der Waals surface area contributed by atoms with Crippen molar-refractivity contribution in [1.29, 1.82) is 0 Å². The number of hydrogen-bond donors (Lipinski definition) is 2. The number of halogens is 3. The zero-order valence-corrected chi connectivity index (χ0v) is 10.8. The molecule has 2 rings (SSSR count). The van der Waals surface area contributed by atoms with E-state index in [1.807, 2.05) is 0 Å². The quantitative estimate of drug-likeness (QED) is 0.508. The molecule has 0 saturated carbocycles. The summed E-state index contributed by atoms with van der Waals surface area (Å²) in [5.41, 5.74) is 5.69. The number of aromatic nitrogens is 2. The van der Waals surface area contributed by atoms with Gasteiger partial charge in [-0.1, -0.05) is 11.6 Å². The topological polar surface area (TPSA) is 80.9 Å². The van der Waals surface area contributed by atoms with Crippen molar-refractivity contribution in [3.8, 4) is 0 Å². The molecule has 1 aromatic carbocycles. The summed E-state index contributed by atoms with van der Waals surface area (Å²) in [4.78, 5) is 19.3. The summed E-state index contributed by atoms with van der Waals surface area (Å²) < 4.78 is 12.9.